The molecule has 0 unspecified atom stereocenters. The van der Waals surface area contributed by atoms with Crippen molar-refractivity contribution in [2.24, 2.45) is 0 Å². The molecule has 0 aliphatic rings. The van der Waals surface area contributed by atoms with Crippen molar-refractivity contribution in [3.63, 3.8) is 0 Å². The summed E-state index contributed by atoms with van der Waals surface area (Å²) >= 11 is 1.28. The Morgan fingerprint density at radius 3 is 2.31 bits per heavy atom. The summed E-state index contributed by atoms with van der Waals surface area (Å²) < 4.78 is 1.59. The van der Waals surface area contributed by atoms with Crippen LogP contribution in [0.3, 0.4) is 0 Å². The number of hydrogen-bond acceptors (Lipinski definition) is 4. The maximum Gasteiger partial charge on any atom is 0.266 e. The van der Waals surface area contributed by atoms with Crippen molar-refractivity contribution in [2.75, 3.05) is 12.8 Å². The molecule has 0 N–H and O–H groups in total. The fourth-order valence-electron chi connectivity index (χ4n) is 3.49. The van der Waals surface area contributed by atoms with Crippen LogP contribution in [0.15, 0.2) is 88.8 Å². The maximum atomic E-state index is 13.2. The zero-order chi connectivity index (χ0) is 22.5. The Bertz CT molecular complexity index is 1280. The highest BCUT2D eigenvalue weighted by atomic mass is 32.2. The highest BCUT2D eigenvalue weighted by molar-refractivity contribution is 7.99. The van der Waals surface area contributed by atoms with E-state index in [1.54, 1.807) is 22.6 Å². The molecule has 0 radical (unpaired) electrons. The number of carbonyl (C=O) groups is 1. The fraction of sp³-hybridized carbons (Fsp3) is 0.192. The molecule has 0 saturated heterocycles. The van der Waals surface area contributed by atoms with Crippen molar-refractivity contribution in [1.82, 2.24) is 14.5 Å². The molecule has 1 aromatic heterocycles. The Morgan fingerprint density at radius 2 is 1.59 bits per heavy atom. The Morgan fingerprint density at radius 1 is 0.938 bits per heavy atom. The molecule has 1 amide bonds. The molecule has 0 saturated carbocycles. The molecule has 4 aromatic rings. The monoisotopic (exact) mass is 443 g/mol. The third kappa shape index (κ3) is 4.75. The minimum Gasteiger partial charge on any atom is -0.341 e. The zero-order valence-electron chi connectivity index (χ0n) is 18.2. The summed E-state index contributed by atoms with van der Waals surface area (Å²) in [6.45, 7) is 2.66. The average molecular weight is 444 g/mol. The quantitative estimate of drug-likeness (QED) is 0.307. The van der Waals surface area contributed by atoms with E-state index in [-0.39, 0.29) is 17.2 Å². The highest BCUT2D eigenvalue weighted by Gasteiger charge is 2.16. The van der Waals surface area contributed by atoms with Crippen LogP contribution in [0.5, 0.6) is 0 Å². The number of aromatic nitrogens is 2. The summed E-state index contributed by atoms with van der Waals surface area (Å²) in [5, 5.41) is 1.06. The van der Waals surface area contributed by atoms with Gasteiger partial charge >= 0.3 is 0 Å². The van der Waals surface area contributed by atoms with E-state index in [1.165, 1.54) is 17.3 Å². The summed E-state index contributed by atoms with van der Waals surface area (Å²) in [7, 11) is 1.80. The van der Waals surface area contributed by atoms with Gasteiger partial charge in [-0.3, -0.25) is 14.2 Å². The van der Waals surface area contributed by atoms with Crippen LogP contribution in [-0.4, -0.2) is 33.2 Å². The van der Waals surface area contributed by atoms with Gasteiger partial charge in [0.2, 0.25) is 5.91 Å². The van der Waals surface area contributed by atoms with Gasteiger partial charge in [-0.05, 0) is 41.8 Å². The van der Waals surface area contributed by atoms with Crippen molar-refractivity contribution in [3.8, 4) is 5.69 Å². The van der Waals surface area contributed by atoms with Gasteiger partial charge in [-0.2, -0.15) is 0 Å². The van der Waals surface area contributed by atoms with Crippen molar-refractivity contribution in [2.45, 2.75) is 25.0 Å². The molecule has 1 heterocycles. The number of rotatable bonds is 7. The summed E-state index contributed by atoms with van der Waals surface area (Å²) in [6.07, 6.45) is 0.994. The predicted molar refractivity (Wildman–Crippen MR) is 130 cm³/mol. The number of carbonyl (C=O) groups excluding carboxylic acids is 1. The minimum atomic E-state index is -0.138. The molecule has 0 aliphatic heterocycles. The van der Waals surface area contributed by atoms with Gasteiger partial charge in [0, 0.05) is 13.6 Å². The first-order valence-corrected chi connectivity index (χ1v) is 11.6. The lowest BCUT2D eigenvalue weighted by Gasteiger charge is -2.18. The number of fused-ring (bicyclic) bond motifs is 1. The van der Waals surface area contributed by atoms with Crippen molar-refractivity contribution >= 4 is 28.6 Å². The van der Waals surface area contributed by atoms with Crippen LogP contribution >= 0.6 is 11.8 Å². The summed E-state index contributed by atoms with van der Waals surface area (Å²) in [5.41, 5.74) is 3.59. The molecule has 0 atom stereocenters. The van der Waals surface area contributed by atoms with Crippen LogP contribution in [0.1, 0.15) is 18.1 Å². The first-order chi connectivity index (χ1) is 15.6. The van der Waals surface area contributed by atoms with Gasteiger partial charge in [-0.1, -0.05) is 73.3 Å². The Kier molecular flexibility index (Phi) is 6.71. The first-order valence-electron chi connectivity index (χ1n) is 10.6. The van der Waals surface area contributed by atoms with Gasteiger partial charge < -0.3 is 4.90 Å². The maximum absolute atomic E-state index is 13.2. The molecule has 4 rings (SSSR count). The van der Waals surface area contributed by atoms with E-state index in [0.717, 1.165) is 17.7 Å². The summed E-state index contributed by atoms with van der Waals surface area (Å²) in [6, 6.07) is 25.0. The van der Waals surface area contributed by atoms with E-state index in [9.17, 15) is 9.59 Å². The largest absolute Gasteiger partial charge is 0.341 e. The number of para-hydroxylation sites is 2. The molecule has 6 heteroatoms. The van der Waals surface area contributed by atoms with Gasteiger partial charge in [-0.15, -0.1) is 0 Å². The van der Waals surface area contributed by atoms with Gasteiger partial charge in [0.25, 0.3) is 5.56 Å². The van der Waals surface area contributed by atoms with Crippen LogP contribution in [0, 0.1) is 0 Å². The molecule has 32 heavy (non-hydrogen) atoms. The van der Waals surface area contributed by atoms with Crippen LogP contribution < -0.4 is 5.56 Å². The van der Waals surface area contributed by atoms with Crippen molar-refractivity contribution < 1.29 is 4.79 Å². The lowest BCUT2D eigenvalue weighted by Crippen LogP contribution is -2.28. The lowest BCUT2D eigenvalue weighted by atomic mass is 10.1. The summed E-state index contributed by atoms with van der Waals surface area (Å²) in [4.78, 5) is 32.5. The topological polar surface area (TPSA) is 55.2 Å². The molecule has 3 aromatic carbocycles. The van der Waals surface area contributed by atoms with E-state index >= 15 is 0 Å². The van der Waals surface area contributed by atoms with Gasteiger partial charge in [0.05, 0.1) is 22.3 Å². The average Bonchev–Trinajstić information content (AvgIpc) is 2.83. The fourth-order valence-corrected chi connectivity index (χ4v) is 4.45. The number of nitrogens with zero attached hydrogens (tertiary/aromatic N) is 3. The van der Waals surface area contributed by atoms with Gasteiger partial charge in [0.15, 0.2) is 5.16 Å². The normalized spacial score (nSPS) is 10.9. The smallest absolute Gasteiger partial charge is 0.266 e. The number of amides is 1. The standard InChI is InChI=1S/C26H25N3O2S/c1-3-19-13-15-20(16-14-19)17-28(2)24(30)18-32-26-27-23-12-8-7-11-22(23)25(31)29(26)21-9-5-4-6-10-21/h4-16H,3,17-18H2,1-2H3. The molecule has 0 bridgehead atoms. The molecule has 0 fully saturated rings. The predicted octanol–water partition coefficient (Wildman–Crippen LogP) is 4.70. The third-order valence-electron chi connectivity index (χ3n) is 5.36. The molecule has 5 nitrogen and oxygen atoms in total. The zero-order valence-corrected chi connectivity index (χ0v) is 19.0. The van der Waals surface area contributed by atoms with Crippen LogP contribution in [0.2, 0.25) is 0 Å². The second-order valence-electron chi connectivity index (χ2n) is 7.60. The second-order valence-corrected chi connectivity index (χ2v) is 8.54. The van der Waals surface area contributed by atoms with Crippen LogP contribution in [-0.2, 0) is 17.8 Å². The number of thioether (sulfide) groups is 1. The van der Waals surface area contributed by atoms with Crippen molar-refractivity contribution in [1.29, 1.82) is 0 Å². The number of hydrogen-bond donors (Lipinski definition) is 0. The van der Waals surface area contributed by atoms with Crippen molar-refractivity contribution in [3.05, 3.63) is 100 Å². The van der Waals surface area contributed by atoms with E-state index in [4.69, 9.17) is 4.98 Å². The molecule has 162 valence electrons. The first kappa shape index (κ1) is 21.8. The highest BCUT2D eigenvalue weighted by Crippen LogP contribution is 2.22. The van der Waals surface area contributed by atoms with E-state index in [0.29, 0.717) is 22.6 Å². The van der Waals surface area contributed by atoms with E-state index in [1.807, 2.05) is 48.5 Å². The third-order valence-corrected chi connectivity index (χ3v) is 6.28. The van der Waals surface area contributed by atoms with Gasteiger partial charge in [0.1, 0.15) is 0 Å². The molecule has 0 spiro atoms. The van der Waals surface area contributed by atoms with E-state index in [2.05, 4.69) is 31.2 Å². The molecular formula is C26H25N3O2S. The number of aryl methyl sites for hydroxylation is 1. The van der Waals surface area contributed by atoms with Crippen LogP contribution in [0.4, 0.5) is 0 Å². The Hall–Kier alpha value is -3.38. The number of benzene rings is 3. The Balaban J connectivity index is 1.56. The molecule has 0 aliphatic carbocycles. The lowest BCUT2D eigenvalue weighted by molar-refractivity contribution is -0.127. The second kappa shape index (κ2) is 9.83. The Labute approximate surface area is 191 Å². The molecular weight excluding hydrogens is 418 g/mol. The van der Waals surface area contributed by atoms with E-state index < -0.39 is 0 Å². The SMILES string of the molecule is CCc1ccc(CN(C)C(=O)CSc2nc3ccccc3c(=O)n2-c2ccccc2)cc1. The van der Waals surface area contributed by atoms with Crippen LogP contribution in [0.25, 0.3) is 16.6 Å². The van der Waals surface area contributed by atoms with Gasteiger partial charge in [-0.25, -0.2) is 4.98 Å². The summed E-state index contributed by atoms with van der Waals surface area (Å²) in [5.74, 6) is 0.179. The minimum absolute atomic E-state index is 0.0170.